The molecule has 5 unspecified atom stereocenters. The molecular weight excluding hydrogens is 769 g/mol. The minimum absolute atomic E-state index is 0.0299. The van der Waals surface area contributed by atoms with Gasteiger partial charge in [-0.25, -0.2) is 4.79 Å². The zero-order valence-electron chi connectivity index (χ0n) is 30.9. The number of halogens is 2. The fourth-order valence-electron chi connectivity index (χ4n) is 6.91. The van der Waals surface area contributed by atoms with E-state index in [1.54, 1.807) is 13.8 Å². The maximum atomic E-state index is 15.8. The summed E-state index contributed by atoms with van der Waals surface area (Å²) in [7, 11) is -5.47. The van der Waals surface area contributed by atoms with Gasteiger partial charge in [0.05, 0.1) is 11.3 Å². The summed E-state index contributed by atoms with van der Waals surface area (Å²) in [6, 6.07) is 13.4. The maximum Gasteiger partial charge on any atom is 0.409 e. The highest BCUT2D eigenvalue weighted by Crippen LogP contribution is 2.67. The van der Waals surface area contributed by atoms with Gasteiger partial charge in [-0.3, -0.25) is 37.7 Å². The highest BCUT2D eigenvalue weighted by molar-refractivity contribution is 7.54. The van der Waals surface area contributed by atoms with Crippen LogP contribution in [0, 0.1) is 0 Å². The Kier molecular flexibility index (Phi) is 12.4. The number of hydrogen-bond acceptors (Lipinski definition) is 11. The van der Waals surface area contributed by atoms with Gasteiger partial charge in [-0.05, 0) is 61.4 Å². The van der Waals surface area contributed by atoms with Gasteiger partial charge in [0.2, 0.25) is 30.4 Å². The van der Waals surface area contributed by atoms with E-state index in [2.05, 4.69) is 10.6 Å². The van der Waals surface area contributed by atoms with Crippen molar-refractivity contribution in [1.29, 1.82) is 0 Å². The summed E-state index contributed by atoms with van der Waals surface area (Å²) in [5, 5.41) is 16.0. The molecule has 6 rings (SSSR count). The van der Waals surface area contributed by atoms with E-state index in [4.69, 9.17) is 24.3 Å². The van der Waals surface area contributed by atoms with Gasteiger partial charge in [0.25, 0.3) is 0 Å². The number of esters is 1. The normalized spacial score (nSPS) is 23.2. The molecule has 0 aliphatic carbocycles. The number of anilines is 1. The Morgan fingerprint density at radius 2 is 1.74 bits per heavy atom. The Morgan fingerprint density at radius 3 is 2.47 bits per heavy atom. The molecule has 3 aliphatic heterocycles. The summed E-state index contributed by atoms with van der Waals surface area (Å²) >= 11 is 0. The van der Waals surface area contributed by atoms with Crippen molar-refractivity contribution in [3.05, 3.63) is 106 Å². The van der Waals surface area contributed by atoms with E-state index in [-0.39, 0.29) is 36.4 Å². The van der Waals surface area contributed by atoms with Crippen molar-refractivity contribution in [3.63, 3.8) is 0 Å². The highest BCUT2D eigenvalue weighted by atomic mass is 31.2. The van der Waals surface area contributed by atoms with E-state index in [9.17, 15) is 33.6 Å². The number of aliphatic hydroxyl groups excluding tert-OH is 1. The Morgan fingerprint density at radius 1 is 1.04 bits per heavy atom. The van der Waals surface area contributed by atoms with Crippen molar-refractivity contribution >= 4 is 48.5 Å². The van der Waals surface area contributed by atoms with Crippen LogP contribution in [0.3, 0.4) is 0 Å². The number of cyclic esters (lactones) is 1. The number of allylic oxidation sites excluding steroid dienone is 1. The lowest BCUT2D eigenvalue weighted by molar-refractivity contribution is -0.153. The fraction of sp³-hybridized carbons (Fsp3) is 0.359. The van der Waals surface area contributed by atoms with Crippen LogP contribution < -0.4 is 21.3 Å². The second kappa shape index (κ2) is 17.0. The molecule has 3 heterocycles. The number of hydrogen-bond donors (Lipinski definition) is 4. The quantitative estimate of drug-likeness (QED) is 0.129. The van der Waals surface area contributed by atoms with E-state index in [1.165, 1.54) is 47.4 Å². The number of nitrogens with zero attached hydrogens (tertiary/aromatic N) is 1. The van der Waals surface area contributed by atoms with Crippen molar-refractivity contribution in [2.75, 3.05) is 18.5 Å². The number of aryl methyl sites for hydroxylation is 1. The number of amides is 4. The SMILES string of the molecule is CC(=CC(=O)NC1CCc2cccc3c2N(C1=O)C(C(=O)NC(C)CCC(N)=O)C3)c1ccc(C(F)(F)P2(=O)OCOC(=O)c3ccccc3C(O)OCO2)cc1. The fourth-order valence-corrected chi connectivity index (χ4v) is 8.16. The van der Waals surface area contributed by atoms with Crippen molar-refractivity contribution in [2.45, 2.75) is 76.0 Å². The van der Waals surface area contributed by atoms with E-state index in [1.807, 2.05) is 18.2 Å². The van der Waals surface area contributed by atoms with Crippen molar-refractivity contribution in [1.82, 2.24) is 10.6 Å². The highest BCUT2D eigenvalue weighted by Gasteiger charge is 2.56. The summed E-state index contributed by atoms with van der Waals surface area (Å²) in [5.74, 6) is -3.06. The molecule has 3 aromatic carbocycles. The van der Waals surface area contributed by atoms with Gasteiger partial charge in [-0.2, -0.15) is 8.78 Å². The smallest absolute Gasteiger partial charge is 0.409 e. The zero-order chi connectivity index (χ0) is 41.1. The van der Waals surface area contributed by atoms with Crippen LogP contribution in [0.1, 0.15) is 77.6 Å². The van der Waals surface area contributed by atoms with Crippen LogP contribution in [-0.4, -0.2) is 66.4 Å². The molecule has 0 fully saturated rings. The minimum Gasteiger partial charge on any atom is -0.434 e. The third-order valence-corrected chi connectivity index (χ3v) is 11.8. The molecule has 3 aliphatic rings. The standard InChI is InChI=1S/C39H41F2N4O11P/c1-22(24-11-14-27(15-12-24)39(40,41)57(52)55-20-53-37(50)28-8-3-4-9-29(28)38(51)54-21-56-57)18-33(47)44-30-16-13-25-6-5-7-26-19-31(45(34(25)26)36(30)49)35(48)43-23(2)10-17-32(42)46/h3-9,11-12,14-15,18,23,30-31,37,50H,10,13,16-17,19-21H2,1-2H3,(H2,42,46)(H,43,48)(H,44,47). The number of nitrogens with one attached hydrogen (secondary N) is 2. The molecule has 5 atom stereocenters. The second-order valence-corrected chi connectivity index (χ2v) is 15.9. The number of nitrogens with two attached hydrogens (primary N) is 1. The lowest BCUT2D eigenvalue weighted by atomic mass is 10.0. The zero-order valence-corrected chi connectivity index (χ0v) is 31.8. The molecule has 5 N–H and O–H groups in total. The molecule has 302 valence electrons. The van der Waals surface area contributed by atoms with Crippen LogP contribution in [0.2, 0.25) is 0 Å². The molecule has 57 heavy (non-hydrogen) atoms. The van der Waals surface area contributed by atoms with Crippen LogP contribution >= 0.6 is 7.60 Å². The molecule has 3 aromatic rings. The maximum absolute atomic E-state index is 15.8. The van der Waals surface area contributed by atoms with Gasteiger partial charge in [0.1, 0.15) is 12.1 Å². The first kappa shape index (κ1) is 41.3. The number of carbonyl (C=O) groups is 5. The molecule has 18 heteroatoms. The largest absolute Gasteiger partial charge is 0.434 e. The van der Waals surface area contributed by atoms with E-state index in [0.29, 0.717) is 29.7 Å². The average Bonchev–Trinajstić information content (AvgIpc) is 3.51. The molecular formula is C39H41F2N4O11P. The molecule has 0 radical (unpaired) electrons. The number of alkyl halides is 2. The van der Waals surface area contributed by atoms with Crippen LogP contribution in [0.5, 0.6) is 0 Å². The Hall–Kier alpha value is -5.32. The minimum atomic E-state index is -5.47. The second-order valence-electron chi connectivity index (χ2n) is 13.8. The third kappa shape index (κ3) is 8.82. The van der Waals surface area contributed by atoms with Crippen LogP contribution in [0.25, 0.3) is 5.57 Å². The Labute approximate surface area is 326 Å². The summed E-state index contributed by atoms with van der Waals surface area (Å²) in [5.41, 5.74) is 2.98. The topological polar surface area (TPSA) is 213 Å². The number of carbonyl (C=O) groups excluding carboxylic acids is 5. The van der Waals surface area contributed by atoms with E-state index in [0.717, 1.165) is 23.3 Å². The van der Waals surface area contributed by atoms with Gasteiger partial charge < -0.3 is 30.9 Å². The lowest BCUT2D eigenvalue weighted by Gasteiger charge is -2.28. The number of fused-ring (bicyclic) bond motifs is 1. The Balaban J connectivity index is 1.13. The predicted molar refractivity (Wildman–Crippen MR) is 199 cm³/mol. The average molecular weight is 811 g/mol. The number of aliphatic hydroxyl groups is 1. The first-order chi connectivity index (χ1) is 27.1. The summed E-state index contributed by atoms with van der Waals surface area (Å²) in [6.07, 6.45) is 0.771. The molecule has 0 bridgehead atoms. The first-order valence-electron chi connectivity index (χ1n) is 18.0. The van der Waals surface area contributed by atoms with Crippen molar-refractivity contribution in [2.24, 2.45) is 5.73 Å². The van der Waals surface area contributed by atoms with Crippen molar-refractivity contribution < 1.29 is 60.9 Å². The number of primary amides is 1. The monoisotopic (exact) mass is 810 g/mol. The van der Waals surface area contributed by atoms with Gasteiger partial charge in [-0.15, -0.1) is 0 Å². The number of para-hydroxylation sites is 1. The number of rotatable bonds is 10. The predicted octanol–water partition coefficient (Wildman–Crippen LogP) is 4.32. The molecule has 0 saturated heterocycles. The summed E-state index contributed by atoms with van der Waals surface area (Å²) in [6.45, 7) is 1.04. The van der Waals surface area contributed by atoms with Gasteiger partial charge in [0, 0.05) is 36.1 Å². The van der Waals surface area contributed by atoms with E-state index < -0.39 is 80.4 Å². The van der Waals surface area contributed by atoms with Crippen LogP contribution in [0.4, 0.5) is 14.5 Å². The van der Waals surface area contributed by atoms with Crippen molar-refractivity contribution in [3.8, 4) is 0 Å². The van der Waals surface area contributed by atoms with E-state index >= 15 is 8.78 Å². The van der Waals surface area contributed by atoms with Gasteiger partial charge in [-0.1, -0.05) is 60.7 Å². The molecule has 4 amide bonds. The van der Waals surface area contributed by atoms with Crippen LogP contribution in [0.15, 0.2) is 72.8 Å². The number of ether oxygens (including phenoxy) is 2. The number of benzene rings is 3. The molecule has 0 aromatic heterocycles. The lowest BCUT2D eigenvalue weighted by Crippen LogP contribution is -2.55. The summed E-state index contributed by atoms with van der Waals surface area (Å²) in [4.78, 5) is 66.0. The van der Waals surface area contributed by atoms with Gasteiger partial charge >= 0.3 is 19.2 Å². The van der Waals surface area contributed by atoms with Crippen LogP contribution in [-0.2, 0) is 60.8 Å². The molecule has 0 saturated carbocycles. The third-order valence-electron chi connectivity index (χ3n) is 9.93. The molecule has 0 spiro atoms. The summed E-state index contributed by atoms with van der Waals surface area (Å²) < 4.78 is 64.9. The van der Waals surface area contributed by atoms with Gasteiger partial charge in [0.15, 0.2) is 13.1 Å². The molecule has 15 nitrogen and oxygen atoms in total. The first-order valence-corrected chi connectivity index (χ1v) is 19.6. The Bertz CT molecular complexity index is 2150.